The van der Waals surface area contributed by atoms with Crippen LogP contribution in [0.5, 0.6) is 0 Å². The van der Waals surface area contributed by atoms with Gasteiger partial charge in [-0.1, -0.05) is 12.2 Å². The van der Waals surface area contributed by atoms with Gasteiger partial charge in [0.1, 0.15) is 0 Å². The van der Waals surface area contributed by atoms with Gasteiger partial charge in [-0.05, 0) is 0 Å². The van der Waals surface area contributed by atoms with Gasteiger partial charge >= 0.3 is 0 Å². The van der Waals surface area contributed by atoms with E-state index < -0.39 is 29.2 Å². The van der Waals surface area contributed by atoms with Gasteiger partial charge in [-0.2, -0.15) is 0 Å². The molecule has 2 atom stereocenters. The molecule has 0 aromatic carbocycles. The average molecular weight is 164 g/mol. The van der Waals surface area contributed by atoms with Gasteiger partial charge in [-0.15, -0.1) is 13.2 Å². The first kappa shape index (κ1) is 8.59. The summed E-state index contributed by atoms with van der Waals surface area (Å²) in [5.41, 5.74) is 0. The van der Waals surface area contributed by atoms with E-state index in [9.17, 15) is 14.4 Å². The van der Waals surface area contributed by atoms with Gasteiger partial charge in [0.05, 0.1) is 11.8 Å². The molecule has 1 aliphatic carbocycles. The molecule has 1 rings (SSSR count). The zero-order valence-corrected chi connectivity index (χ0v) is 6.45. The molecule has 0 radical (unpaired) electrons. The molecule has 3 heteroatoms. The van der Waals surface area contributed by atoms with Crippen molar-refractivity contribution < 1.29 is 14.4 Å². The Bertz CT molecular complexity index is 260. The van der Waals surface area contributed by atoms with Crippen LogP contribution in [0.2, 0.25) is 0 Å². The first-order valence-electron chi connectivity index (χ1n) is 3.51. The Morgan fingerprint density at radius 2 is 1.25 bits per heavy atom. The van der Waals surface area contributed by atoms with Gasteiger partial charge in [0.2, 0.25) is 11.6 Å². The summed E-state index contributed by atoms with van der Waals surface area (Å²) in [4.78, 5) is 32.9. The summed E-state index contributed by atoms with van der Waals surface area (Å²) in [6.45, 7) is 6.77. The molecule has 1 aliphatic rings. The molecule has 3 nitrogen and oxygen atoms in total. The van der Waals surface area contributed by atoms with E-state index in [1.165, 1.54) is 12.2 Å². The summed E-state index contributed by atoms with van der Waals surface area (Å²) in [5.74, 6) is -3.64. The van der Waals surface area contributed by atoms with Crippen LogP contribution in [0.3, 0.4) is 0 Å². The van der Waals surface area contributed by atoms with Crippen LogP contribution in [0.15, 0.2) is 25.3 Å². The Morgan fingerprint density at radius 1 is 0.917 bits per heavy atom. The molecular formula is C9H8O3. The molecular weight excluding hydrogens is 156 g/mol. The highest BCUT2D eigenvalue weighted by Gasteiger charge is 2.45. The Balaban J connectivity index is 3.10. The number of carbonyl (C=O) groups is 3. The minimum absolute atomic E-state index is 0.667. The number of hydrogen-bond donors (Lipinski definition) is 0. The van der Waals surface area contributed by atoms with Gasteiger partial charge in [0, 0.05) is 0 Å². The van der Waals surface area contributed by atoms with E-state index in [1.807, 2.05) is 0 Å². The number of allylic oxidation sites excluding steroid dienone is 2. The average Bonchev–Trinajstić information content (AvgIpc) is 2.29. The highest BCUT2D eigenvalue weighted by atomic mass is 16.2. The number of rotatable bonds is 2. The van der Waals surface area contributed by atoms with E-state index in [2.05, 4.69) is 13.2 Å². The lowest BCUT2D eigenvalue weighted by molar-refractivity contribution is -0.140. The Hall–Kier alpha value is -1.51. The van der Waals surface area contributed by atoms with Crippen molar-refractivity contribution in [3.8, 4) is 0 Å². The van der Waals surface area contributed by atoms with Gasteiger partial charge in [-0.3, -0.25) is 14.4 Å². The Morgan fingerprint density at radius 3 is 1.50 bits per heavy atom. The predicted octanol–water partition coefficient (Wildman–Crippen LogP) is 0.312. The van der Waals surface area contributed by atoms with Crippen LogP contribution in [0.25, 0.3) is 0 Å². The summed E-state index contributed by atoms with van der Waals surface area (Å²) >= 11 is 0. The van der Waals surface area contributed by atoms with Crippen molar-refractivity contribution in [2.24, 2.45) is 11.8 Å². The van der Waals surface area contributed by atoms with Crippen LogP contribution in [-0.4, -0.2) is 17.3 Å². The minimum Gasteiger partial charge on any atom is -0.290 e. The van der Waals surface area contributed by atoms with E-state index in [-0.39, 0.29) is 0 Å². The van der Waals surface area contributed by atoms with Gasteiger partial charge in [-0.25, -0.2) is 0 Å². The van der Waals surface area contributed by atoms with E-state index >= 15 is 0 Å². The fourth-order valence-corrected chi connectivity index (χ4v) is 1.26. The van der Waals surface area contributed by atoms with Crippen molar-refractivity contribution in [1.82, 2.24) is 0 Å². The van der Waals surface area contributed by atoms with Crippen molar-refractivity contribution in [1.29, 1.82) is 0 Å². The standard InChI is InChI=1S/C9H8O3/c1-3-5-6(4-2)8(11)9(12)7(5)10/h3-6H,1-2H2. The zero-order valence-electron chi connectivity index (χ0n) is 6.45. The molecule has 0 spiro atoms. The largest absolute Gasteiger partial charge is 0.290 e. The number of Topliss-reactive ketones (excluding diaryl/α,β-unsaturated/α-hetero) is 3. The predicted molar refractivity (Wildman–Crippen MR) is 42.4 cm³/mol. The van der Waals surface area contributed by atoms with Gasteiger partial charge in [0.15, 0.2) is 0 Å². The van der Waals surface area contributed by atoms with Gasteiger partial charge < -0.3 is 0 Å². The molecule has 2 unspecified atom stereocenters. The molecule has 0 amide bonds. The van der Waals surface area contributed by atoms with Crippen molar-refractivity contribution in [3.63, 3.8) is 0 Å². The first-order chi connectivity index (χ1) is 5.63. The smallest absolute Gasteiger partial charge is 0.265 e. The van der Waals surface area contributed by atoms with Crippen LogP contribution >= 0.6 is 0 Å². The monoisotopic (exact) mass is 164 g/mol. The number of carbonyl (C=O) groups excluding carboxylic acids is 3. The summed E-state index contributed by atoms with van der Waals surface area (Å²) in [5, 5.41) is 0. The van der Waals surface area contributed by atoms with E-state index in [0.29, 0.717) is 0 Å². The highest BCUT2D eigenvalue weighted by Crippen LogP contribution is 2.24. The summed E-state index contributed by atoms with van der Waals surface area (Å²) in [7, 11) is 0. The lowest BCUT2D eigenvalue weighted by Gasteiger charge is -2.04. The van der Waals surface area contributed by atoms with Crippen molar-refractivity contribution in [2.75, 3.05) is 0 Å². The van der Waals surface area contributed by atoms with Crippen LogP contribution in [0.1, 0.15) is 0 Å². The second-order valence-corrected chi connectivity index (χ2v) is 2.58. The molecule has 0 saturated heterocycles. The molecule has 12 heavy (non-hydrogen) atoms. The number of hydrogen-bond acceptors (Lipinski definition) is 3. The fourth-order valence-electron chi connectivity index (χ4n) is 1.26. The summed E-state index contributed by atoms with van der Waals surface area (Å²) < 4.78 is 0. The van der Waals surface area contributed by atoms with E-state index in [1.54, 1.807) is 0 Å². The van der Waals surface area contributed by atoms with Crippen LogP contribution in [-0.2, 0) is 14.4 Å². The maximum absolute atomic E-state index is 11.0. The lowest BCUT2D eigenvalue weighted by Crippen LogP contribution is -2.14. The molecule has 0 aliphatic heterocycles. The van der Waals surface area contributed by atoms with Crippen molar-refractivity contribution >= 4 is 17.3 Å². The molecule has 0 heterocycles. The Labute approximate surface area is 69.8 Å². The zero-order chi connectivity index (χ0) is 9.30. The second-order valence-electron chi connectivity index (χ2n) is 2.58. The van der Waals surface area contributed by atoms with E-state index in [0.717, 1.165) is 0 Å². The molecule has 62 valence electrons. The molecule has 1 saturated carbocycles. The first-order valence-corrected chi connectivity index (χ1v) is 3.51. The van der Waals surface area contributed by atoms with Crippen LogP contribution in [0, 0.1) is 11.8 Å². The van der Waals surface area contributed by atoms with Crippen molar-refractivity contribution in [3.05, 3.63) is 25.3 Å². The second kappa shape index (κ2) is 2.85. The maximum Gasteiger partial charge on any atom is 0.265 e. The topological polar surface area (TPSA) is 51.2 Å². The SMILES string of the molecule is C=CC1C(=O)C(=O)C(=O)C1C=C. The van der Waals surface area contributed by atoms with Crippen molar-refractivity contribution in [2.45, 2.75) is 0 Å². The normalized spacial score (nSPS) is 29.2. The number of ketones is 3. The molecule has 1 fully saturated rings. The third kappa shape index (κ3) is 0.942. The third-order valence-corrected chi connectivity index (χ3v) is 1.95. The van der Waals surface area contributed by atoms with Crippen LogP contribution < -0.4 is 0 Å². The fraction of sp³-hybridized carbons (Fsp3) is 0.222. The van der Waals surface area contributed by atoms with Gasteiger partial charge in [0.25, 0.3) is 5.78 Å². The summed E-state index contributed by atoms with van der Waals surface area (Å²) in [6, 6.07) is 0. The van der Waals surface area contributed by atoms with E-state index in [4.69, 9.17) is 0 Å². The third-order valence-electron chi connectivity index (χ3n) is 1.95. The highest BCUT2D eigenvalue weighted by molar-refractivity contribution is 6.68. The molecule has 0 bridgehead atoms. The molecule has 0 aromatic heterocycles. The maximum atomic E-state index is 11.0. The summed E-state index contributed by atoms with van der Waals surface area (Å²) in [6.07, 6.45) is 2.63. The quantitative estimate of drug-likeness (QED) is 0.436. The Kier molecular flexibility index (Phi) is 2.04. The molecule has 0 aromatic rings. The minimum atomic E-state index is -0.926. The lowest BCUT2D eigenvalue weighted by atomic mass is 9.95. The molecule has 0 N–H and O–H groups in total. The van der Waals surface area contributed by atoms with Crippen LogP contribution in [0.4, 0.5) is 0 Å².